The van der Waals surface area contributed by atoms with Crippen molar-refractivity contribution in [2.75, 3.05) is 0 Å². The van der Waals surface area contributed by atoms with Gasteiger partial charge in [-0.3, -0.25) is 0 Å². The normalized spacial score (nSPS) is 31.2. The van der Waals surface area contributed by atoms with Crippen LogP contribution in [0.2, 0.25) is 0 Å². The summed E-state index contributed by atoms with van der Waals surface area (Å²) in [5.74, 6) is -1.06. The molecule has 2 aliphatic rings. The molecule has 0 spiro atoms. The molecule has 1 saturated carbocycles. The lowest BCUT2D eigenvalue weighted by atomic mass is 9.91. The zero-order valence-electron chi connectivity index (χ0n) is 10.5. The van der Waals surface area contributed by atoms with Crippen LogP contribution in [0.5, 0.6) is 0 Å². The highest BCUT2D eigenvalue weighted by Gasteiger charge is 2.36. The predicted octanol–water partition coefficient (Wildman–Crippen LogP) is 3.89. The molecule has 1 aromatic rings. The van der Waals surface area contributed by atoms with Crippen LogP contribution in [-0.2, 0) is 0 Å². The predicted molar refractivity (Wildman–Crippen MR) is 69.7 cm³/mol. The highest BCUT2D eigenvalue weighted by Crippen LogP contribution is 2.45. The molecule has 0 radical (unpaired) electrons. The van der Waals surface area contributed by atoms with Crippen LogP contribution in [0.25, 0.3) is 0 Å². The highest BCUT2D eigenvalue weighted by atomic mass is 32.2. The zero-order chi connectivity index (χ0) is 12.9. The molecule has 98 valence electrons. The first-order chi connectivity index (χ1) is 8.56. The minimum Gasteiger partial charge on any atom is -0.307 e. The summed E-state index contributed by atoms with van der Waals surface area (Å²) in [7, 11) is 0. The Hall–Kier alpha value is -0.610. The summed E-state index contributed by atoms with van der Waals surface area (Å²) in [6, 6.07) is 3.44. The molecule has 0 amide bonds. The van der Waals surface area contributed by atoms with Crippen molar-refractivity contribution in [1.29, 1.82) is 0 Å². The van der Waals surface area contributed by atoms with E-state index in [2.05, 4.69) is 19.2 Å². The summed E-state index contributed by atoms with van der Waals surface area (Å²) in [6.45, 7) is 4.34. The first kappa shape index (κ1) is 12.4. The topological polar surface area (TPSA) is 12.0 Å². The van der Waals surface area contributed by atoms with Crippen LogP contribution in [0.3, 0.4) is 0 Å². The minimum absolute atomic E-state index is 0.152. The SMILES string of the molecule is CC1Sc2cc(F)c(F)cc2C(NC2CC2)C1C. The Morgan fingerprint density at radius 2 is 1.83 bits per heavy atom. The number of rotatable bonds is 2. The third-order valence-electron chi connectivity index (χ3n) is 3.96. The van der Waals surface area contributed by atoms with Gasteiger partial charge in [-0.15, -0.1) is 11.8 Å². The third-order valence-corrected chi connectivity index (χ3v) is 5.37. The van der Waals surface area contributed by atoms with Gasteiger partial charge in [-0.05, 0) is 36.5 Å². The Morgan fingerprint density at radius 3 is 2.50 bits per heavy atom. The van der Waals surface area contributed by atoms with E-state index >= 15 is 0 Å². The van der Waals surface area contributed by atoms with Crippen LogP contribution >= 0.6 is 11.8 Å². The van der Waals surface area contributed by atoms with Crippen molar-refractivity contribution in [3.8, 4) is 0 Å². The van der Waals surface area contributed by atoms with E-state index in [9.17, 15) is 8.78 Å². The van der Waals surface area contributed by atoms with E-state index < -0.39 is 11.6 Å². The number of hydrogen-bond acceptors (Lipinski definition) is 2. The number of nitrogens with one attached hydrogen (secondary N) is 1. The van der Waals surface area contributed by atoms with Crippen molar-refractivity contribution in [2.45, 2.75) is 48.9 Å². The Labute approximate surface area is 110 Å². The van der Waals surface area contributed by atoms with Gasteiger partial charge >= 0.3 is 0 Å². The summed E-state index contributed by atoms with van der Waals surface area (Å²) in [6.07, 6.45) is 2.40. The van der Waals surface area contributed by atoms with Crippen molar-refractivity contribution in [3.63, 3.8) is 0 Å². The Bertz CT molecular complexity index is 473. The second-order valence-corrected chi connectivity index (χ2v) is 6.82. The van der Waals surface area contributed by atoms with Gasteiger partial charge in [0.15, 0.2) is 11.6 Å². The Kier molecular flexibility index (Phi) is 3.10. The smallest absolute Gasteiger partial charge is 0.159 e. The largest absolute Gasteiger partial charge is 0.307 e. The molecule has 0 aromatic heterocycles. The summed E-state index contributed by atoms with van der Waals surface area (Å²) < 4.78 is 26.8. The molecule has 0 saturated heterocycles. The molecule has 0 bridgehead atoms. The first-order valence-electron chi connectivity index (χ1n) is 6.48. The van der Waals surface area contributed by atoms with E-state index in [0.717, 1.165) is 10.5 Å². The lowest BCUT2D eigenvalue weighted by Gasteiger charge is -2.36. The monoisotopic (exact) mass is 269 g/mol. The molecule has 3 unspecified atom stereocenters. The van der Waals surface area contributed by atoms with Gasteiger partial charge < -0.3 is 5.32 Å². The van der Waals surface area contributed by atoms with Gasteiger partial charge in [0.05, 0.1) is 0 Å². The minimum atomic E-state index is -0.742. The second-order valence-electron chi connectivity index (χ2n) is 5.40. The maximum Gasteiger partial charge on any atom is 0.159 e. The zero-order valence-corrected chi connectivity index (χ0v) is 11.4. The molecule has 1 aliphatic carbocycles. The molecule has 1 heterocycles. The van der Waals surface area contributed by atoms with Gasteiger partial charge in [-0.25, -0.2) is 8.78 Å². The fraction of sp³-hybridized carbons (Fsp3) is 0.571. The molecular weight excluding hydrogens is 252 g/mol. The van der Waals surface area contributed by atoms with E-state index in [1.54, 1.807) is 11.8 Å². The Balaban J connectivity index is 2.00. The third kappa shape index (κ3) is 2.16. The second kappa shape index (κ2) is 4.49. The van der Waals surface area contributed by atoms with Crippen LogP contribution in [0.15, 0.2) is 17.0 Å². The molecule has 3 atom stereocenters. The molecule has 1 aliphatic heterocycles. The van der Waals surface area contributed by atoms with Gasteiger partial charge in [-0.1, -0.05) is 13.8 Å². The van der Waals surface area contributed by atoms with E-state index in [-0.39, 0.29) is 6.04 Å². The van der Waals surface area contributed by atoms with Gasteiger partial charge in [-0.2, -0.15) is 0 Å². The van der Waals surface area contributed by atoms with Gasteiger partial charge in [0, 0.05) is 22.2 Å². The van der Waals surface area contributed by atoms with Gasteiger partial charge in [0.2, 0.25) is 0 Å². The highest BCUT2D eigenvalue weighted by molar-refractivity contribution is 8.00. The molecule has 1 fully saturated rings. The van der Waals surface area contributed by atoms with E-state index in [0.29, 0.717) is 17.2 Å². The summed E-state index contributed by atoms with van der Waals surface area (Å²) in [5.41, 5.74) is 0.927. The fourth-order valence-electron chi connectivity index (χ4n) is 2.50. The molecule has 4 heteroatoms. The van der Waals surface area contributed by atoms with Crippen LogP contribution in [0, 0.1) is 17.6 Å². The fourth-order valence-corrected chi connectivity index (χ4v) is 3.76. The van der Waals surface area contributed by atoms with Crippen molar-refractivity contribution < 1.29 is 8.78 Å². The van der Waals surface area contributed by atoms with E-state index in [1.807, 2.05) is 0 Å². The van der Waals surface area contributed by atoms with Gasteiger partial charge in [0.25, 0.3) is 0 Å². The molecule has 1 aromatic carbocycles. The Morgan fingerprint density at radius 1 is 1.17 bits per heavy atom. The number of halogens is 2. The molecule has 1 N–H and O–H groups in total. The van der Waals surface area contributed by atoms with Crippen molar-refractivity contribution in [1.82, 2.24) is 5.32 Å². The van der Waals surface area contributed by atoms with Crippen LogP contribution < -0.4 is 5.32 Å². The number of fused-ring (bicyclic) bond motifs is 1. The van der Waals surface area contributed by atoms with Gasteiger partial charge in [0.1, 0.15) is 0 Å². The van der Waals surface area contributed by atoms with Crippen LogP contribution in [-0.4, -0.2) is 11.3 Å². The maximum absolute atomic E-state index is 13.4. The van der Waals surface area contributed by atoms with Crippen LogP contribution in [0.4, 0.5) is 8.78 Å². The summed E-state index contributed by atoms with van der Waals surface area (Å²) in [5, 5.41) is 3.99. The van der Waals surface area contributed by atoms with Crippen LogP contribution in [0.1, 0.15) is 38.3 Å². The summed E-state index contributed by atoms with van der Waals surface area (Å²) >= 11 is 1.65. The maximum atomic E-state index is 13.4. The molecule has 18 heavy (non-hydrogen) atoms. The molecular formula is C14H17F2NS. The molecule has 3 rings (SSSR count). The van der Waals surface area contributed by atoms with Crippen molar-refractivity contribution in [3.05, 3.63) is 29.3 Å². The van der Waals surface area contributed by atoms with E-state index in [1.165, 1.54) is 25.0 Å². The van der Waals surface area contributed by atoms with Crippen molar-refractivity contribution >= 4 is 11.8 Å². The lowest BCUT2D eigenvalue weighted by Crippen LogP contribution is -2.35. The number of hydrogen-bond donors (Lipinski definition) is 1. The quantitative estimate of drug-likeness (QED) is 0.874. The number of thioether (sulfide) groups is 1. The average Bonchev–Trinajstić information content (AvgIpc) is 3.12. The average molecular weight is 269 g/mol. The summed E-state index contributed by atoms with van der Waals surface area (Å²) in [4.78, 5) is 0.887. The standard InChI is InChI=1S/C14H17F2NS/c1-7-8(2)18-13-6-12(16)11(15)5-10(13)14(7)17-9-3-4-9/h5-9,14,17H,3-4H2,1-2H3. The van der Waals surface area contributed by atoms with Crippen molar-refractivity contribution in [2.24, 2.45) is 5.92 Å². The van der Waals surface area contributed by atoms with E-state index in [4.69, 9.17) is 0 Å². The number of benzene rings is 1. The molecule has 1 nitrogen and oxygen atoms in total. The lowest BCUT2D eigenvalue weighted by molar-refractivity contribution is 0.366. The first-order valence-corrected chi connectivity index (χ1v) is 7.36.